The molecule has 1 saturated carbocycles. The molecule has 4 nitrogen and oxygen atoms in total. The Bertz CT molecular complexity index is 222. The van der Waals surface area contributed by atoms with Gasteiger partial charge in [0.1, 0.15) is 0 Å². The summed E-state index contributed by atoms with van der Waals surface area (Å²) in [7, 11) is 0. The highest BCUT2D eigenvalue weighted by Gasteiger charge is 2.22. The van der Waals surface area contributed by atoms with Gasteiger partial charge in [-0.3, -0.25) is 4.79 Å². The number of amides is 1. The first-order chi connectivity index (χ1) is 6.87. The van der Waals surface area contributed by atoms with Crippen LogP contribution in [0.4, 0.5) is 0 Å². The molecule has 2 atom stereocenters. The molecule has 1 fully saturated rings. The third kappa shape index (κ3) is 5.14. The van der Waals surface area contributed by atoms with Crippen LogP contribution in [-0.2, 0) is 4.79 Å². The zero-order chi connectivity index (χ0) is 11.5. The van der Waals surface area contributed by atoms with Gasteiger partial charge >= 0.3 is 0 Å². The molecule has 0 bridgehead atoms. The van der Waals surface area contributed by atoms with Crippen LogP contribution in [0.25, 0.3) is 0 Å². The van der Waals surface area contributed by atoms with Gasteiger partial charge in [-0.05, 0) is 40.0 Å². The standard InChI is InChI=1S/C11H23N3O/c1-11(2,3)14-10(15)7-13-9-5-4-8(12)6-9/h8-9,13H,4-7,12H2,1-3H3,(H,14,15). The second-order valence-electron chi connectivity index (χ2n) is 5.45. The van der Waals surface area contributed by atoms with Gasteiger partial charge in [0.05, 0.1) is 6.54 Å². The van der Waals surface area contributed by atoms with E-state index >= 15 is 0 Å². The maximum atomic E-state index is 11.5. The lowest BCUT2D eigenvalue weighted by molar-refractivity contribution is -0.121. The molecule has 1 rings (SSSR count). The monoisotopic (exact) mass is 213 g/mol. The molecule has 0 saturated heterocycles. The largest absolute Gasteiger partial charge is 0.350 e. The number of rotatable bonds is 3. The number of carbonyl (C=O) groups excluding carboxylic acids is 1. The van der Waals surface area contributed by atoms with Gasteiger partial charge in [0.2, 0.25) is 5.91 Å². The summed E-state index contributed by atoms with van der Waals surface area (Å²) in [6, 6.07) is 0.735. The van der Waals surface area contributed by atoms with Gasteiger partial charge in [-0.25, -0.2) is 0 Å². The topological polar surface area (TPSA) is 67.2 Å². The number of hydrogen-bond acceptors (Lipinski definition) is 3. The van der Waals surface area contributed by atoms with Crippen molar-refractivity contribution in [3.05, 3.63) is 0 Å². The van der Waals surface area contributed by atoms with E-state index in [1.807, 2.05) is 20.8 Å². The van der Waals surface area contributed by atoms with E-state index in [0.29, 0.717) is 18.6 Å². The molecule has 1 aliphatic carbocycles. The van der Waals surface area contributed by atoms with Crippen LogP contribution in [0.1, 0.15) is 40.0 Å². The van der Waals surface area contributed by atoms with Crippen molar-refractivity contribution in [2.75, 3.05) is 6.54 Å². The van der Waals surface area contributed by atoms with E-state index in [2.05, 4.69) is 10.6 Å². The van der Waals surface area contributed by atoms with Crippen LogP contribution >= 0.6 is 0 Å². The minimum atomic E-state index is -0.148. The molecule has 0 aromatic carbocycles. The summed E-state index contributed by atoms with van der Waals surface area (Å²) < 4.78 is 0. The predicted octanol–water partition coefficient (Wildman–Crippen LogP) is 0.371. The highest BCUT2D eigenvalue weighted by atomic mass is 16.2. The minimum absolute atomic E-state index is 0.0583. The molecule has 4 N–H and O–H groups in total. The zero-order valence-corrected chi connectivity index (χ0v) is 9.97. The van der Waals surface area contributed by atoms with E-state index in [0.717, 1.165) is 19.3 Å². The molecule has 1 amide bonds. The van der Waals surface area contributed by atoms with E-state index < -0.39 is 0 Å². The molecule has 0 aromatic rings. The summed E-state index contributed by atoms with van der Waals surface area (Å²) in [6.45, 7) is 6.35. The van der Waals surface area contributed by atoms with E-state index in [4.69, 9.17) is 5.73 Å². The summed E-state index contributed by atoms with van der Waals surface area (Å²) in [5, 5.41) is 6.16. The van der Waals surface area contributed by atoms with Crippen LogP contribution in [0.5, 0.6) is 0 Å². The first kappa shape index (κ1) is 12.5. The van der Waals surface area contributed by atoms with Gasteiger partial charge in [-0.1, -0.05) is 0 Å². The summed E-state index contributed by atoms with van der Waals surface area (Å²) in [5.41, 5.74) is 5.64. The smallest absolute Gasteiger partial charge is 0.234 e. The van der Waals surface area contributed by atoms with Crippen LogP contribution < -0.4 is 16.4 Å². The Morgan fingerprint density at radius 2 is 2.07 bits per heavy atom. The quantitative estimate of drug-likeness (QED) is 0.634. The molecule has 2 unspecified atom stereocenters. The van der Waals surface area contributed by atoms with Crippen LogP contribution in [-0.4, -0.2) is 30.1 Å². The molecule has 0 heterocycles. The summed E-state index contributed by atoms with van der Waals surface area (Å²) >= 11 is 0. The normalized spacial score (nSPS) is 26.7. The molecule has 1 aliphatic rings. The third-order valence-electron chi connectivity index (χ3n) is 2.54. The van der Waals surface area contributed by atoms with E-state index in [9.17, 15) is 4.79 Å². The third-order valence-corrected chi connectivity index (χ3v) is 2.54. The fourth-order valence-electron chi connectivity index (χ4n) is 1.90. The molecule has 15 heavy (non-hydrogen) atoms. The van der Waals surface area contributed by atoms with Crippen molar-refractivity contribution in [3.63, 3.8) is 0 Å². The molecule has 88 valence electrons. The Labute approximate surface area is 92.0 Å². The van der Waals surface area contributed by atoms with E-state index in [-0.39, 0.29) is 11.4 Å². The Kier molecular flexibility index (Phi) is 4.11. The molecule has 0 spiro atoms. The summed E-state index contributed by atoms with van der Waals surface area (Å²) in [5.74, 6) is 0.0583. The Morgan fingerprint density at radius 3 is 2.53 bits per heavy atom. The van der Waals surface area contributed by atoms with Crippen LogP contribution in [0, 0.1) is 0 Å². The Hall–Kier alpha value is -0.610. The Morgan fingerprint density at radius 1 is 1.40 bits per heavy atom. The predicted molar refractivity (Wildman–Crippen MR) is 61.5 cm³/mol. The van der Waals surface area contributed by atoms with E-state index in [1.165, 1.54) is 0 Å². The van der Waals surface area contributed by atoms with Gasteiger partial charge in [0.25, 0.3) is 0 Å². The van der Waals surface area contributed by atoms with Crippen LogP contribution in [0.15, 0.2) is 0 Å². The number of nitrogens with one attached hydrogen (secondary N) is 2. The van der Waals surface area contributed by atoms with Crippen molar-refractivity contribution < 1.29 is 4.79 Å². The first-order valence-electron chi connectivity index (χ1n) is 5.67. The lowest BCUT2D eigenvalue weighted by Crippen LogP contribution is -2.46. The summed E-state index contributed by atoms with van der Waals surface area (Å²) in [4.78, 5) is 11.5. The molecule has 0 radical (unpaired) electrons. The molecular formula is C11H23N3O. The second-order valence-corrected chi connectivity index (χ2v) is 5.45. The van der Waals surface area contributed by atoms with Crippen molar-refractivity contribution in [1.82, 2.24) is 10.6 Å². The van der Waals surface area contributed by atoms with Crippen LogP contribution in [0.3, 0.4) is 0 Å². The lowest BCUT2D eigenvalue weighted by atomic mass is 10.1. The maximum Gasteiger partial charge on any atom is 0.234 e. The molecular weight excluding hydrogens is 190 g/mol. The Balaban J connectivity index is 2.17. The van der Waals surface area contributed by atoms with Gasteiger partial charge in [0.15, 0.2) is 0 Å². The SMILES string of the molecule is CC(C)(C)NC(=O)CNC1CCC(N)C1. The summed E-state index contributed by atoms with van der Waals surface area (Å²) in [6.07, 6.45) is 3.14. The van der Waals surface area contributed by atoms with Gasteiger partial charge in [0, 0.05) is 17.6 Å². The van der Waals surface area contributed by atoms with Crippen molar-refractivity contribution >= 4 is 5.91 Å². The fourth-order valence-corrected chi connectivity index (χ4v) is 1.90. The number of nitrogens with two attached hydrogens (primary N) is 1. The lowest BCUT2D eigenvalue weighted by Gasteiger charge is -2.21. The molecule has 4 heteroatoms. The molecule has 0 aromatic heterocycles. The van der Waals surface area contributed by atoms with E-state index in [1.54, 1.807) is 0 Å². The average Bonchev–Trinajstić information content (AvgIpc) is 2.45. The number of carbonyl (C=O) groups is 1. The van der Waals surface area contributed by atoms with Crippen LogP contribution in [0.2, 0.25) is 0 Å². The zero-order valence-electron chi connectivity index (χ0n) is 9.97. The van der Waals surface area contributed by atoms with Crippen molar-refractivity contribution in [1.29, 1.82) is 0 Å². The fraction of sp³-hybridized carbons (Fsp3) is 0.909. The first-order valence-corrected chi connectivity index (χ1v) is 5.67. The molecule has 0 aliphatic heterocycles. The van der Waals surface area contributed by atoms with Gasteiger partial charge < -0.3 is 16.4 Å². The van der Waals surface area contributed by atoms with Gasteiger partial charge in [-0.2, -0.15) is 0 Å². The maximum absolute atomic E-state index is 11.5. The minimum Gasteiger partial charge on any atom is -0.350 e. The average molecular weight is 213 g/mol. The van der Waals surface area contributed by atoms with Crippen molar-refractivity contribution in [2.45, 2.75) is 57.7 Å². The van der Waals surface area contributed by atoms with Crippen molar-refractivity contribution in [2.24, 2.45) is 5.73 Å². The highest BCUT2D eigenvalue weighted by Crippen LogP contribution is 2.16. The van der Waals surface area contributed by atoms with Gasteiger partial charge in [-0.15, -0.1) is 0 Å². The number of hydrogen-bond donors (Lipinski definition) is 3. The van der Waals surface area contributed by atoms with Crippen molar-refractivity contribution in [3.8, 4) is 0 Å². The highest BCUT2D eigenvalue weighted by molar-refractivity contribution is 5.78. The second kappa shape index (κ2) is 4.94.